The predicted octanol–water partition coefficient (Wildman–Crippen LogP) is 4.06. The van der Waals surface area contributed by atoms with Crippen LogP contribution in [-0.4, -0.2) is 6.61 Å². The molecule has 0 saturated carbocycles. The number of anilines is 1. The minimum Gasteiger partial charge on any atom is -0.493 e. The van der Waals surface area contributed by atoms with Crippen molar-refractivity contribution in [1.29, 1.82) is 0 Å². The van der Waals surface area contributed by atoms with Crippen molar-refractivity contribution in [3.05, 3.63) is 44.6 Å². The number of thiophene rings is 1. The molecule has 1 N–H and O–H groups in total. The molecule has 88 valence electrons. The van der Waals surface area contributed by atoms with Crippen LogP contribution in [0.2, 0.25) is 0 Å². The van der Waals surface area contributed by atoms with Gasteiger partial charge in [-0.2, -0.15) is 0 Å². The highest BCUT2D eigenvalue weighted by molar-refractivity contribution is 9.10. The standard InChI is InChI=1S/C13H12BrNOS/c14-10-6-12(17-8-10)7-15-11-1-2-13-9(5-11)3-4-16-13/h1-2,5-6,8,15H,3-4,7H2. The molecule has 3 rings (SSSR count). The Balaban J connectivity index is 1.69. The first-order valence-corrected chi connectivity index (χ1v) is 7.21. The molecular formula is C13H12BrNOS. The second-order valence-electron chi connectivity index (χ2n) is 4.01. The molecule has 2 aromatic rings. The van der Waals surface area contributed by atoms with Crippen LogP contribution in [0.3, 0.4) is 0 Å². The third kappa shape index (κ3) is 2.48. The number of nitrogens with one attached hydrogen (secondary N) is 1. The third-order valence-corrected chi connectivity index (χ3v) is 4.48. The van der Waals surface area contributed by atoms with Gasteiger partial charge in [-0.3, -0.25) is 0 Å². The van der Waals surface area contributed by atoms with Gasteiger partial charge in [0.05, 0.1) is 6.61 Å². The highest BCUT2D eigenvalue weighted by Crippen LogP contribution is 2.28. The fourth-order valence-electron chi connectivity index (χ4n) is 1.93. The lowest BCUT2D eigenvalue weighted by molar-refractivity contribution is 0.357. The molecule has 0 aliphatic carbocycles. The Morgan fingerprint density at radius 3 is 3.12 bits per heavy atom. The maximum atomic E-state index is 5.49. The van der Waals surface area contributed by atoms with Crippen LogP contribution >= 0.6 is 27.3 Å². The summed E-state index contributed by atoms with van der Waals surface area (Å²) in [6, 6.07) is 8.46. The summed E-state index contributed by atoms with van der Waals surface area (Å²) in [6.45, 7) is 1.69. The summed E-state index contributed by atoms with van der Waals surface area (Å²) < 4.78 is 6.64. The zero-order valence-electron chi connectivity index (χ0n) is 9.20. The van der Waals surface area contributed by atoms with Crippen molar-refractivity contribution in [2.45, 2.75) is 13.0 Å². The molecule has 2 nitrogen and oxygen atoms in total. The summed E-state index contributed by atoms with van der Waals surface area (Å²) in [5.41, 5.74) is 2.47. The molecule has 17 heavy (non-hydrogen) atoms. The van der Waals surface area contributed by atoms with E-state index in [1.54, 1.807) is 11.3 Å². The van der Waals surface area contributed by atoms with Crippen molar-refractivity contribution >= 4 is 33.0 Å². The van der Waals surface area contributed by atoms with E-state index in [0.717, 1.165) is 29.8 Å². The summed E-state index contributed by atoms with van der Waals surface area (Å²) in [7, 11) is 0. The van der Waals surface area contributed by atoms with Crippen LogP contribution in [0.5, 0.6) is 5.75 Å². The van der Waals surface area contributed by atoms with Crippen LogP contribution in [0.25, 0.3) is 0 Å². The summed E-state index contributed by atoms with van der Waals surface area (Å²) in [4.78, 5) is 1.33. The SMILES string of the molecule is Brc1csc(CNc2ccc3c(c2)CCO3)c1. The number of benzene rings is 1. The smallest absolute Gasteiger partial charge is 0.122 e. The largest absolute Gasteiger partial charge is 0.493 e. The van der Waals surface area contributed by atoms with Crippen molar-refractivity contribution in [2.75, 3.05) is 11.9 Å². The average Bonchev–Trinajstić information content (AvgIpc) is 2.94. The number of halogens is 1. The molecule has 0 spiro atoms. The highest BCUT2D eigenvalue weighted by atomic mass is 79.9. The van der Waals surface area contributed by atoms with E-state index in [2.05, 4.69) is 50.9 Å². The Morgan fingerprint density at radius 2 is 2.29 bits per heavy atom. The van der Waals surface area contributed by atoms with Crippen LogP contribution < -0.4 is 10.1 Å². The van der Waals surface area contributed by atoms with E-state index in [0.29, 0.717) is 0 Å². The number of hydrogen-bond acceptors (Lipinski definition) is 3. The van der Waals surface area contributed by atoms with E-state index >= 15 is 0 Å². The van der Waals surface area contributed by atoms with Crippen molar-refractivity contribution in [3.63, 3.8) is 0 Å². The number of fused-ring (bicyclic) bond motifs is 1. The molecule has 1 aliphatic heterocycles. The first-order chi connectivity index (χ1) is 8.31. The molecule has 0 amide bonds. The molecule has 0 saturated heterocycles. The normalized spacial score (nSPS) is 13.2. The molecule has 1 aliphatic rings. The molecule has 4 heteroatoms. The van der Waals surface area contributed by atoms with E-state index in [-0.39, 0.29) is 0 Å². The highest BCUT2D eigenvalue weighted by Gasteiger charge is 2.11. The molecule has 1 aromatic carbocycles. The molecule has 0 fully saturated rings. The summed E-state index contributed by atoms with van der Waals surface area (Å²) in [5.74, 6) is 1.04. The minimum atomic E-state index is 0.816. The second kappa shape index (κ2) is 4.70. The summed E-state index contributed by atoms with van der Waals surface area (Å²) in [5, 5.41) is 5.54. The first-order valence-electron chi connectivity index (χ1n) is 5.54. The van der Waals surface area contributed by atoms with Crippen molar-refractivity contribution in [1.82, 2.24) is 0 Å². The van der Waals surface area contributed by atoms with Gasteiger partial charge in [0.2, 0.25) is 0 Å². The molecule has 0 atom stereocenters. The van der Waals surface area contributed by atoms with Crippen LogP contribution in [0.15, 0.2) is 34.1 Å². The number of rotatable bonds is 3. The van der Waals surface area contributed by atoms with E-state index < -0.39 is 0 Å². The lowest BCUT2D eigenvalue weighted by atomic mass is 10.1. The summed E-state index contributed by atoms with van der Waals surface area (Å²) in [6.07, 6.45) is 1.02. The Hall–Kier alpha value is -1.00. The van der Waals surface area contributed by atoms with Gasteiger partial charge in [-0.05, 0) is 45.8 Å². The molecule has 0 unspecified atom stereocenters. The fourth-order valence-corrected chi connectivity index (χ4v) is 3.32. The molecule has 0 bridgehead atoms. The molecule has 0 radical (unpaired) electrons. The molecule has 1 aromatic heterocycles. The van der Waals surface area contributed by atoms with Gasteiger partial charge in [0.1, 0.15) is 5.75 Å². The van der Waals surface area contributed by atoms with Crippen LogP contribution in [-0.2, 0) is 13.0 Å². The van der Waals surface area contributed by atoms with Gasteiger partial charge in [0.15, 0.2) is 0 Å². The fraction of sp³-hybridized carbons (Fsp3) is 0.231. The maximum Gasteiger partial charge on any atom is 0.122 e. The van der Waals surface area contributed by atoms with E-state index in [1.807, 2.05) is 0 Å². The van der Waals surface area contributed by atoms with Gasteiger partial charge in [-0.25, -0.2) is 0 Å². The van der Waals surface area contributed by atoms with Crippen LogP contribution in [0, 0.1) is 0 Å². The minimum absolute atomic E-state index is 0.816. The Bertz CT molecular complexity index is 538. The molecular weight excluding hydrogens is 298 g/mol. The predicted molar refractivity (Wildman–Crippen MR) is 75.0 cm³/mol. The van der Waals surface area contributed by atoms with Gasteiger partial charge in [0.25, 0.3) is 0 Å². The Kier molecular flexibility index (Phi) is 3.07. The quantitative estimate of drug-likeness (QED) is 0.923. The van der Waals surface area contributed by atoms with Gasteiger partial charge in [0, 0.05) is 33.4 Å². The monoisotopic (exact) mass is 309 g/mol. The van der Waals surface area contributed by atoms with Crippen molar-refractivity contribution < 1.29 is 4.74 Å². The lowest BCUT2D eigenvalue weighted by Gasteiger charge is -2.06. The maximum absolute atomic E-state index is 5.49. The van der Waals surface area contributed by atoms with Gasteiger partial charge >= 0.3 is 0 Å². The molecule has 2 heterocycles. The van der Waals surface area contributed by atoms with Crippen LogP contribution in [0.1, 0.15) is 10.4 Å². The van der Waals surface area contributed by atoms with E-state index in [1.165, 1.54) is 16.1 Å². The Labute approximate surface area is 113 Å². The van der Waals surface area contributed by atoms with Crippen molar-refractivity contribution in [2.24, 2.45) is 0 Å². The van der Waals surface area contributed by atoms with E-state index in [9.17, 15) is 0 Å². The van der Waals surface area contributed by atoms with Gasteiger partial charge < -0.3 is 10.1 Å². The third-order valence-electron chi connectivity index (χ3n) is 2.78. The lowest BCUT2D eigenvalue weighted by Crippen LogP contribution is -1.97. The number of ether oxygens (including phenoxy) is 1. The van der Waals surface area contributed by atoms with Gasteiger partial charge in [-0.15, -0.1) is 11.3 Å². The van der Waals surface area contributed by atoms with Crippen LogP contribution in [0.4, 0.5) is 5.69 Å². The van der Waals surface area contributed by atoms with Crippen molar-refractivity contribution in [3.8, 4) is 5.75 Å². The summed E-state index contributed by atoms with van der Waals surface area (Å²) >= 11 is 5.23. The Morgan fingerprint density at radius 1 is 1.35 bits per heavy atom. The average molecular weight is 310 g/mol. The number of hydrogen-bond donors (Lipinski definition) is 1. The van der Waals surface area contributed by atoms with E-state index in [4.69, 9.17) is 4.74 Å². The zero-order chi connectivity index (χ0) is 11.7. The second-order valence-corrected chi connectivity index (χ2v) is 5.92. The zero-order valence-corrected chi connectivity index (χ0v) is 11.6. The topological polar surface area (TPSA) is 21.3 Å². The van der Waals surface area contributed by atoms with Gasteiger partial charge in [-0.1, -0.05) is 0 Å². The first kappa shape index (κ1) is 11.1.